The monoisotopic (exact) mass is 625 g/mol. The van der Waals surface area contributed by atoms with Gasteiger partial charge in [-0.2, -0.15) is 0 Å². The highest BCUT2D eigenvalue weighted by Crippen LogP contribution is 2.35. The third-order valence-corrected chi connectivity index (χ3v) is 7.84. The second kappa shape index (κ2) is 14.9. The summed E-state index contributed by atoms with van der Waals surface area (Å²) in [6, 6.07) is 24.9. The zero-order valence-electron chi connectivity index (χ0n) is 27.2. The van der Waals surface area contributed by atoms with E-state index in [0.717, 1.165) is 6.42 Å². The fourth-order valence-electron chi connectivity index (χ4n) is 5.67. The maximum Gasteiger partial charge on any atom is 0.410 e. The Morgan fingerprint density at radius 1 is 1.00 bits per heavy atom. The number of rotatable bonds is 13. The quantitative estimate of drug-likeness (QED) is 0.0905. The Hall–Kier alpha value is -4.92. The van der Waals surface area contributed by atoms with Crippen LogP contribution in [-0.2, 0) is 11.2 Å². The minimum absolute atomic E-state index is 0.121. The number of carbonyl (C=O) groups excluding carboxylic acids is 2. The minimum Gasteiger partial charge on any atom is -0.508 e. The van der Waals surface area contributed by atoms with Crippen molar-refractivity contribution in [3.63, 3.8) is 0 Å². The smallest absolute Gasteiger partial charge is 0.410 e. The number of benzene rings is 3. The number of hydrogen-bond donors (Lipinski definition) is 1. The number of nitro benzene ring substituents is 1. The first-order chi connectivity index (χ1) is 21.9. The molecule has 1 amide bonds. The van der Waals surface area contributed by atoms with Crippen molar-refractivity contribution in [3.8, 4) is 22.7 Å². The lowest BCUT2D eigenvalue weighted by Crippen LogP contribution is -2.41. The van der Waals surface area contributed by atoms with E-state index in [9.17, 15) is 24.8 Å². The molecule has 0 bridgehead atoms. The van der Waals surface area contributed by atoms with Crippen LogP contribution in [0.4, 0.5) is 10.5 Å². The molecule has 0 fully saturated rings. The summed E-state index contributed by atoms with van der Waals surface area (Å²) in [4.78, 5) is 40.7. The predicted octanol–water partition coefficient (Wildman–Crippen LogP) is 8.47. The molecule has 0 aliphatic rings. The first-order valence-corrected chi connectivity index (χ1v) is 15.7. The zero-order chi connectivity index (χ0) is 33.4. The maximum atomic E-state index is 14.2. The molecule has 1 unspecified atom stereocenters. The Morgan fingerprint density at radius 3 is 2.26 bits per heavy atom. The van der Waals surface area contributed by atoms with Crippen molar-refractivity contribution in [3.05, 3.63) is 112 Å². The molecule has 4 aromatic rings. The van der Waals surface area contributed by atoms with Gasteiger partial charge in [0.1, 0.15) is 17.0 Å². The van der Waals surface area contributed by atoms with E-state index in [1.54, 1.807) is 21.7 Å². The summed E-state index contributed by atoms with van der Waals surface area (Å²) < 4.78 is 7.34. The van der Waals surface area contributed by atoms with Gasteiger partial charge in [-0.3, -0.25) is 14.9 Å². The van der Waals surface area contributed by atoms with Gasteiger partial charge in [-0.1, -0.05) is 74.5 Å². The van der Waals surface area contributed by atoms with Gasteiger partial charge in [0.05, 0.1) is 10.6 Å². The fraction of sp³-hybridized carbons (Fsp3) is 0.351. The van der Waals surface area contributed by atoms with Crippen molar-refractivity contribution >= 4 is 17.6 Å². The number of carbonyl (C=O) groups is 2. The van der Waals surface area contributed by atoms with Crippen LogP contribution in [0.1, 0.15) is 63.4 Å². The molecule has 0 aliphatic heterocycles. The molecule has 4 rings (SSSR count). The molecule has 2 atom stereocenters. The second-order valence-corrected chi connectivity index (χ2v) is 12.7. The summed E-state index contributed by atoms with van der Waals surface area (Å²) in [5, 5.41) is 22.1. The standard InChI is InChI=1S/C37H43N3O6/c1-6-28(19-21-38(36(43)46-37(3,4)5)25-26(2)23-27-13-9-7-10-14-27)35(42)31-20-22-39(34(31)29-15-11-8-12-16-29)33-24-30(41)17-18-32(33)40(44)45/h7-18,20,22,24,26,28,41H,6,19,21,23,25H2,1-5H3/t26-,28?/m1/s1. The summed E-state index contributed by atoms with van der Waals surface area (Å²) in [6.45, 7) is 10.4. The van der Waals surface area contributed by atoms with Crippen molar-refractivity contribution in [2.24, 2.45) is 11.8 Å². The topological polar surface area (TPSA) is 115 Å². The molecule has 0 radical (unpaired) electrons. The first kappa shape index (κ1) is 34.0. The number of hydrogen-bond acceptors (Lipinski definition) is 6. The lowest BCUT2D eigenvalue weighted by Gasteiger charge is -2.30. The van der Waals surface area contributed by atoms with Crippen molar-refractivity contribution < 1.29 is 24.4 Å². The summed E-state index contributed by atoms with van der Waals surface area (Å²) in [5.74, 6) is -0.518. The number of aromatic nitrogens is 1. The molecule has 1 aromatic heterocycles. The first-order valence-electron chi connectivity index (χ1n) is 15.7. The van der Waals surface area contributed by atoms with E-state index >= 15 is 0 Å². The molecule has 0 aliphatic carbocycles. The highest BCUT2D eigenvalue weighted by molar-refractivity contribution is 6.03. The Labute approximate surface area is 270 Å². The molecule has 46 heavy (non-hydrogen) atoms. The van der Waals surface area contributed by atoms with Gasteiger partial charge in [-0.15, -0.1) is 0 Å². The van der Waals surface area contributed by atoms with E-state index in [4.69, 9.17) is 4.74 Å². The molecule has 0 saturated carbocycles. The Kier molecular flexibility index (Phi) is 11.0. The van der Waals surface area contributed by atoms with E-state index in [2.05, 4.69) is 19.1 Å². The highest BCUT2D eigenvalue weighted by Gasteiger charge is 2.29. The van der Waals surface area contributed by atoms with E-state index < -0.39 is 22.5 Å². The number of nitro groups is 1. The van der Waals surface area contributed by atoms with Gasteiger partial charge in [-0.25, -0.2) is 4.79 Å². The van der Waals surface area contributed by atoms with Crippen LogP contribution in [0.5, 0.6) is 5.75 Å². The predicted molar refractivity (Wildman–Crippen MR) is 179 cm³/mol. The molecule has 242 valence electrons. The van der Waals surface area contributed by atoms with Crippen molar-refractivity contribution in [2.75, 3.05) is 13.1 Å². The third-order valence-electron chi connectivity index (χ3n) is 7.84. The van der Waals surface area contributed by atoms with Gasteiger partial charge in [-0.05, 0) is 69.2 Å². The summed E-state index contributed by atoms with van der Waals surface area (Å²) in [6.07, 6.45) is 2.96. The summed E-state index contributed by atoms with van der Waals surface area (Å²) in [7, 11) is 0. The van der Waals surface area contributed by atoms with E-state index in [1.165, 1.54) is 23.8 Å². The highest BCUT2D eigenvalue weighted by atomic mass is 16.6. The van der Waals surface area contributed by atoms with Gasteiger partial charge < -0.3 is 19.3 Å². The Bertz CT molecular complexity index is 1640. The number of aromatic hydroxyl groups is 1. The van der Waals surface area contributed by atoms with Gasteiger partial charge in [0.25, 0.3) is 5.69 Å². The summed E-state index contributed by atoms with van der Waals surface area (Å²) in [5.41, 5.74) is 2.09. The zero-order valence-corrected chi connectivity index (χ0v) is 27.2. The van der Waals surface area contributed by atoms with Crippen molar-refractivity contribution in [2.45, 2.75) is 59.5 Å². The van der Waals surface area contributed by atoms with E-state index in [1.807, 2.05) is 76.2 Å². The molecular weight excluding hydrogens is 582 g/mol. The number of phenolic OH excluding ortho intramolecular Hbond substituents is 1. The third kappa shape index (κ3) is 8.62. The summed E-state index contributed by atoms with van der Waals surface area (Å²) >= 11 is 0. The van der Waals surface area contributed by atoms with E-state index in [-0.39, 0.29) is 28.8 Å². The minimum atomic E-state index is -0.667. The van der Waals surface area contributed by atoms with Crippen LogP contribution in [0.25, 0.3) is 16.9 Å². The normalized spacial score (nSPS) is 12.7. The maximum absolute atomic E-state index is 14.2. The lowest BCUT2D eigenvalue weighted by molar-refractivity contribution is -0.384. The second-order valence-electron chi connectivity index (χ2n) is 12.7. The largest absolute Gasteiger partial charge is 0.508 e. The van der Waals surface area contributed by atoms with Gasteiger partial charge in [0.2, 0.25) is 0 Å². The van der Waals surface area contributed by atoms with Crippen LogP contribution in [0.3, 0.4) is 0 Å². The Balaban J connectivity index is 1.64. The fourth-order valence-corrected chi connectivity index (χ4v) is 5.67. The van der Waals surface area contributed by atoms with Gasteiger partial charge in [0, 0.05) is 42.9 Å². The number of phenols is 1. The van der Waals surface area contributed by atoms with E-state index in [0.29, 0.717) is 42.8 Å². The molecular formula is C37H43N3O6. The SMILES string of the molecule is CCC(CCN(C[C@H](C)Cc1ccccc1)C(=O)OC(C)(C)C)C(=O)c1ccn(-c2cc(O)ccc2[N+](=O)[O-])c1-c1ccccc1. The molecule has 0 saturated heterocycles. The lowest BCUT2D eigenvalue weighted by atomic mass is 9.90. The van der Waals surface area contributed by atoms with Crippen LogP contribution in [-0.4, -0.2) is 50.1 Å². The molecule has 1 N–H and O–H groups in total. The van der Waals surface area contributed by atoms with Crippen molar-refractivity contribution in [1.29, 1.82) is 0 Å². The number of ketones is 1. The van der Waals surface area contributed by atoms with Crippen LogP contribution in [0, 0.1) is 22.0 Å². The molecule has 9 nitrogen and oxygen atoms in total. The average molecular weight is 626 g/mol. The van der Waals surface area contributed by atoms with Crippen molar-refractivity contribution in [1.82, 2.24) is 9.47 Å². The molecule has 3 aromatic carbocycles. The molecule has 1 heterocycles. The number of Topliss-reactive ketones (excluding diaryl/α,β-unsaturated/α-hetero) is 1. The van der Waals surface area contributed by atoms with Crippen LogP contribution in [0.15, 0.2) is 91.1 Å². The Morgan fingerprint density at radius 2 is 1.65 bits per heavy atom. The number of ether oxygens (including phenoxy) is 1. The van der Waals surface area contributed by atoms with Crippen LogP contribution in [0.2, 0.25) is 0 Å². The van der Waals surface area contributed by atoms with Gasteiger partial charge >= 0.3 is 6.09 Å². The number of nitrogens with zero attached hydrogens (tertiary/aromatic N) is 3. The van der Waals surface area contributed by atoms with Crippen LogP contribution < -0.4 is 0 Å². The average Bonchev–Trinajstić information content (AvgIpc) is 3.45. The number of amides is 1. The van der Waals surface area contributed by atoms with Gasteiger partial charge in [0.15, 0.2) is 5.78 Å². The van der Waals surface area contributed by atoms with Crippen LogP contribution >= 0.6 is 0 Å². The molecule has 0 spiro atoms. The molecule has 9 heteroatoms.